The molecular weight excluding hydrogens is 338 g/mol. The first-order valence-corrected chi connectivity index (χ1v) is 7.09. The van der Waals surface area contributed by atoms with Gasteiger partial charge in [-0.25, -0.2) is 0 Å². The molecule has 124 valence electrons. The molecule has 24 heavy (non-hydrogen) atoms. The highest BCUT2D eigenvalue weighted by molar-refractivity contribution is 6.36. The first-order chi connectivity index (χ1) is 11.2. The second kappa shape index (κ2) is 6.63. The van der Waals surface area contributed by atoms with Gasteiger partial charge in [-0.15, -0.1) is 0 Å². The van der Waals surface area contributed by atoms with Crippen molar-refractivity contribution in [1.82, 2.24) is 0 Å². The van der Waals surface area contributed by atoms with E-state index in [2.05, 4.69) is 5.32 Å². The van der Waals surface area contributed by atoms with E-state index in [-0.39, 0.29) is 5.56 Å². The molecule has 2 rings (SSSR count). The third kappa shape index (κ3) is 3.66. The monoisotopic (exact) mass is 349 g/mol. The Morgan fingerprint density at radius 3 is 2.08 bits per heavy atom. The molecule has 0 spiro atoms. The minimum atomic E-state index is -0.872. The molecule has 0 aliphatic heterocycles. The standard InChI is InChI=1S/C15H12ClN3O5/c1-8-3-9(2)5-10(4-8)17-15(20)12-6-11(18(21)22)7-13(14(12)16)19(23)24/h3-7H,1-2H3,(H,17,20). The average molecular weight is 350 g/mol. The molecule has 0 aromatic heterocycles. The van der Waals surface area contributed by atoms with E-state index in [1.165, 1.54) is 0 Å². The fourth-order valence-electron chi connectivity index (χ4n) is 2.24. The van der Waals surface area contributed by atoms with Crippen LogP contribution in [0.2, 0.25) is 5.02 Å². The van der Waals surface area contributed by atoms with E-state index in [4.69, 9.17) is 11.6 Å². The molecule has 0 aliphatic carbocycles. The van der Waals surface area contributed by atoms with Crippen molar-refractivity contribution in [3.8, 4) is 0 Å². The number of non-ortho nitro benzene ring substituents is 1. The summed E-state index contributed by atoms with van der Waals surface area (Å²) in [4.78, 5) is 32.6. The number of aryl methyl sites for hydroxylation is 2. The van der Waals surface area contributed by atoms with Crippen molar-refractivity contribution in [3.63, 3.8) is 0 Å². The van der Waals surface area contributed by atoms with Gasteiger partial charge < -0.3 is 5.32 Å². The first-order valence-electron chi connectivity index (χ1n) is 6.71. The third-order valence-corrected chi connectivity index (χ3v) is 3.57. The van der Waals surface area contributed by atoms with Gasteiger partial charge in [-0.1, -0.05) is 17.7 Å². The summed E-state index contributed by atoms with van der Waals surface area (Å²) in [7, 11) is 0. The normalized spacial score (nSPS) is 10.3. The Morgan fingerprint density at radius 1 is 1.00 bits per heavy atom. The number of rotatable bonds is 4. The summed E-state index contributed by atoms with van der Waals surface area (Å²) in [5.74, 6) is -0.767. The van der Waals surface area contributed by atoms with Crippen molar-refractivity contribution >= 4 is 34.6 Å². The third-order valence-electron chi connectivity index (χ3n) is 3.17. The second-order valence-electron chi connectivity index (χ2n) is 5.17. The van der Waals surface area contributed by atoms with Crippen LogP contribution in [0.3, 0.4) is 0 Å². The number of nitro groups is 2. The van der Waals surface area contributed by atoms with Crippen molar-refractivity contribution in [3.05, 3.63) is 72.3 Å². The molecule has 2 aromatic carbocycles. The van der Waals surface area contributed by atoms with Gasteiger partial charge in [0.2, 0.25) is 0 Å². The molecule has 0 bridgehead atoms. The van der Waals surface area contributed by atoms with Gasteiger partial charge in [-0.3, -0.25) is 25.0 Å². The van der Waals surface area contributed by atoms with E-state index in [0.29, 0.717) is 5.69 Å². The second-order valence-corrected chi connectivity index (χ2v) is 5.55. The zero-order valence-electron chi connectivity index (χ0n) is 12.7. The number of carbonyl (C=O) groups is 1. The van der Waals surface area contributed by atoms with Crippen LogP contribution < -0.4 is 5.32 Å². The summed E-state index contributed by atoms with van der Waals surface area (Å²) in [5.41, 5.74) is 0.649. The summed E-state index contributed by atoms with van der Waals surface area (Å²) in [5, 5.41) is 24.0. The fraction of sp³-hybridized carbons (Fsp3) is 0.133. The molecule has 0 unspecified atom stereocenters. The fourth-order valence-corrected chi connectivity index (χ4v) is 2.51. The minimum Gasteiger partial charge on any atom is -0.322 e. The molecule has 1 amide bonds. The number of amides is 1. The number of hydrogen-bond donors (Lipinski definition) is 1. The summed E-state index contributed by atoms with van der Waals surface area (Å²) in [6.45, 7) is 3.68. The Labute approximate surface area is 141 Å². The van der Waals surface area contributed by atoms with Crippen molar-refractivity contribution in [2.45, 2.75) is 13.8 Å². The lowest BCUT2D eigenvalue weighted by molar-refractivity contribution is -0.394. The zero-order valence-corrected chi connectivity index (χ0v) is 13.5. The smallest absolute Gasteiger partial charge is 0.295 e. The topological polar surface area (TPSA) is 115 Å². The number of carbonyl (C=O) groups excluding carboxylic acids is 1. The van der Waals surface area contributed by atoms with Crippen molar-refractivity contribution in [1.29, 1.82) is 0 Å². The van der Waals surface area contributed by atoms with Crippen molar-refractivity contribution in [2.24, 2.45) is 0 Å². The highest BCUT2D eigenvalue weighted by Gasteiger charge is 2.26. The van der Waals surface area contributed by atoms with E-state index in [0.717, 1.165) is 23.3 Å². The predicted molar refractivity (Wildman–Crippen MR) is 88.6 cm³/mol. The van der Waals surface area contributed by atoms with Crippen LogP contribution in [-0.4, -0.2) is 15.8 Å². The number of nitrogens with one attached hydrogen (secondary N) is 1. The summed E-state index contributed by atoms with van der Waals surface area (Å²) in [6, 6.07) is 6.93. The molecule has 9 heteroatoms. The molecule has 2 aromatic rings. The van der Waals surface area contributed by atoms with Gasteiger partial charge in [-0.05, 0) is 37.1 Å². The van der Waals surface area contributed by atoms with Crippen LogP contribution in [0.1, 0.15) is 21.5 Å². The van der Waals surface area contributed by atoms with Crippen LogP contribution in [0.4, 0.5) is 17.1 Å². The Kier molecular flexibility index (Phi) is 4.79. The summed E-state index contributed by atoms with van der Waals surface area (Å²) >= 11 is 5.88. The highest BCUT2D eigenvalue weighted by atomic mass is 35.5. The van der Waals surface area contributed by atoms with Crippen LogP contribution in [0.25, 0.3) is 0 Å². The van der Waals surface area contributed by atoms with E-state index >= 15 is 0 Å². The number of halogens is 1. The lowest BCUT2D eigenvalue weighted by atomic mass is 10.1. The molecule has 0 saturated heterocycles. The Hall–Kier alpha value is -3.00. The Morgan fingerprint density at radius 2 is 1.58 bits per heavy atom. The number of anilines is 1. The lowest BCUT2D eigenvalue weighted by Gasteiger charge is -2.09. The van der Waals surface area contributed by atoms with Gasteiger partial charge in [0.1, 0.15) is 5.02 Å². The number of nitro benzene ring substituents is 2. The van der Waals surface area contributed by atoms with Gasteiger partial charge in [-0.2, -0.15) is 0 Å². The minimum absolute atomic E-state index is 0.336. The largest absolute Gasteiger partial charge is 0.322 e. The van der Waals surface area contributed by atoms with Gasteiger partial charge >= 0.3 is 0 Å². The van der Waals surface area contributed by atoms with Crippen molar-refractivity contribution < 1.29 is 14.6 Å². The maximum atomic E-state index is 12.4. The van der Waals surface area contributed by atoms with Gasteiger partial charge in [0.15, 0.2) is 0 Å². The molecule has 8 nitrogen and oxygen atoms in total. The van der Waals surface area contributed by atoms with Crippen molar-refractivity contribution in [2.75, 3.05) is 5.32 Å². The molecule has 0 heterocycles. The Bertz CT molecular complexity index is 846. The zero-order chi connectivity index (χ0) is 18.0. The van der Waals surface area contributed by atoms with E-state index < -0.39 is 32.2 Å². The van der Waals surface area contributed by atoms with Crippen LogP contribution in [-0.2, 0) is 0 Å². The van der Waals surface area contributed by atoms with Crippen LogP contribution in [0.15, 0.2) is 30.3 Å². The highest BCUT2D eigenvalue weighted by Crippen LogP contribution is 2.33. The van der Waals surface area contributed by atoms with Gasteiger partial charge in [0.25, 0.3) is 17.3 Å². The van der Waals surface area contributed by atoms with Gasteiger partial charge in [0, 0.05) is 11.8 Å². The molecule has 0 radical (unpaired) electrons. The SMILES string of the molecule is Cc1cc(C)cc(NC(=O)c2cc([N+](=O)[O-])cc([N+](=O)[O-])c2Cl)c1. The average Bonchev–Trinajstić information content (AvgIpc) is 2.45. The number of hydrogen-bond acceptors (Lipinski definition) is 5. The quantitative estimate of drug-likeness (QED) is 0.660. The molecule has 0 fully saturated rings. The first kappa shape index (κ1) is 17.4. The van der Waals surface area contributed by atoms with E-state index in [9.17, 15) is 25.0 Å². The summed E-state index contributed by atoms with van der Waals surface area (Å²) in [6.07, 6.45) is 0. The maximum Gasteiger partial charge on any atom is 0.295 e. The molecule has 0 aliphatic rings. The van der Waals surface area contributed by atoms with E-state index in [1.807, 2.05) is 19.9 Å². The number of benzene rings is 2. The van der Waals surface area contributed by atoms with E-state index in [1.54, 1.807) is 12.1 Å². The maximum absolute atomic E-state index is 12.4. The molecular formula is C15H12ClN3O5. The van der Waals surface area contributed by atoms with Crippen LogP contribution in [0.5, 0.6) is 0 Å². The predicted octanol–water partition coefficient (Wildman–Crippen LogP) is 4.03. The molecule has 0 saturated carbocycles. The summed E-state index contributed by atoms with van der Waals surface area (Å²) < 4.78 is 0. The number of nitrogens with zero attached hydrogens (tertiary/aromatic N) is 2. The molecule has 1 N–H and O–H groups in total. The molecule has 0 atom stereocenters. The van der Waals surface area contributed by atoms with Crippen LogP contribution in [0, 0.1) is 34.1 Å². The van der Waals surface area contributed by atoms with Crippen LogP contribution >= 0.6 is 11.6 Å². The lowest BCUT2D eigenvalue weighted by Crippen LogP contribution is -2.14. The Balaban J connectivity index is 2.48. The van der Waals surface area contributed by atoms with Gasteiger partial charge in [0.05, 0.1) is 21.5 Å².